The summed E-state index contributed by atoms with van der Waals surface area (Å²) in [6.45, 7) is 0. The summed E-state index contributed by atoms with van der Waals surface area (Å²) in [6.07, 6.45) is 1.49. The zero-order valence-corrected chi connectivity index (χ0v) is 11.3. The minimum Gasteiger partial charge on any atom is -0.493 e. The van der Waals surface area contributed by atoms with Crippen LogP contribution in [0.4, 0.5) is 5.69 Å². The number of thiazole rings is 1. The average molecular weight is 313 g/mol. The van der Waals surface area contributed by atoms with Gasteiger partial charge >= 0.3 is 4.87 Å². The van der Waals surface area contributed by atoms with Crippen LogP contribution in [-0.4, -0.2) is 15.9 Å². The molecule has 0 saturated heterocycles. The van der Waals surface area contributed by atoms with E-state index in [9.17, 15) is 9.90 Å². The topological polar surface area (TPSA) is 54.6 Å². The first kappa shape index (κ1) is 12.1. The highest BCUT2D eigenvalue weighted by Crippen LogP contribution is 2.19. The van der Waals surface area contributed by atoms with E-state index in [1.165, 1.54) is 17.8 Å². The summed E-state index contributed by atoms with van der Waals surface area (Å²) in [4.78, 5) is 15.7. The molecule has 6 heteroatoms. The maximum atomic E-state index is 11.3. The van der Waals surface area contributed by atoms with Crippen LogP contribution in [0.1, 0.15) is 4.88 Å². The first-order valence-corrected chi connectivity index (χ1v) is 6.37. The minimum absolute atomic E-state index is 0.0548. The normalized spacial score (nSPS) is 11.2. The van der Waals surface area contributed by atoms with Gasteiger partial charge in [-0.25, -0.2) is 0 Å². The van der Waals surface area contributed by atoms with Gasteiger partial charge in [0.1, 0.15) is 4.88 Å². The number of aliphatic imine (C=N–C) groups is 1. The van der Waals surface area contributed by atoms with Crippen LogP contribution in [0.25, 0.3) is 0 Å². The molecule has 0 amide bonds. The third-order valence-corrected chi connectivity index (χ3v) is 3.65. The van der Waals surface area contributed by atoms with E-state index in [2.05, 4.69) is 20.9 Å². The molecule has 0 aliphatic rings. The molecular formula is C11H9BrN2O2S. The fraction of sp³-hybridized carbons (Fsp3) is 0.0909. The third kappa shape index (κ3) is 2.65. The Morgan fingerprint density at radius 2 is 2.06 bits per heavy atom. The molecule has 0 atom stereocenters. The van der Waals surface area contributed by atoms with Gasteiger partial charge in [-0.05, 0) is 24.3 Å². The zero-order chi connectivity index (χ0) is 12.4. The quantitative estimate of drug-likeness (QED) is 0.867. The van der Waals surface area contributed by atoms with E-state index in [1.54, 1.807) is 0 Å². The third-order valence-electron chi connectivity index (χ3n) is 2.17. The lowest BCUT2D eigenvalue weighted by molar-refractivity contribution is 0.429. The van der Waals surface area contributed by atoms with Gasteiger partial charge in [-0.1, -0.05) is 27.3 Å². The Kier molecular flexibility index (Phi) is 3.44. The molecule has 1 heterocycles. The van der Waals surface area contributed by atoms with Crippen LogP contribution in [0.3, 0.4) is 0 Å². The van der Waals surface area contributed by atoms with Crippen LogP contribution in [0, 0.1) is 0 Å². The van der Waals surface area contributed by atoms with Gasteiger partial charge in [0.15, 0.2) is 0 Å². The molecule has 0 aliphatic carbocycles. The highest BCUT2D eigenvalue weighted by atomic mass is 79.9. The maximum absolute atomic E-state index is 11.3. The van der Waals surface area contributed by atoms with Crippen molar-refractivity contribution < 1.29 is 5.11 Å². The minimum atomic E-state index is -0.209. The lowest BCUT2D eigenvalue weighted by atomic mass is 10.3. The van der Waals surface area contributed by atoms with Gasteiger partial charge in [0, 0.05) is 11.5 Å². The van der Waals surface area contributed by atoms with Gasteiger partial charge in [0.2, 0.25) is 5.88 Å². The second-order valence-electron chi connectivity index (χ2n) is 3.35. The molecule has 0 unspecified atom stereocenters. The van der Waals surface area contributed by atoms with Gasteiger partial charge < -0.3 is 5.11 Å². The average Bonchev–Trinajstić information content (AvgIpc) is 2.56. The van der Waals surface area contributed by atoms with Gasteiger partial charge in [0.25, 0.3) is 0 Å². The summed E-state index contributed by atoms with van der Waals surface area (Å²) in [7, 11) is 1.52. The van der Waals surface area contributed by atoms with E-state index in [-0.39, 0.29) is 10.8 Å². The maximum Gasteiger partial charge on any atom is 0.310 e. The predicted molar refractivity (Wildman–Crippen MR) is 72.6 cm³/mol. The summed E-state index contributed by atoms with van der Waals surface area (Å²) in [5.41, 5.74) is 0.760. The van der Waals surface area contributed by atoms with E-state index in [0.717, 1.165) is 21.5 Å². The van der Waals surface area contributed by atoms with Crippen LogP contribution in [0.2, 0.25) is 0 Å². The molecule has 0 aliphatic heterocycles. The molecular weight excluding hydrogens is 304 g/mol. The number of rotatable bonds is 2. The Morgan fingerprint density at radius 3 is 2.59 bits per heavy atom. The highest BCUT2D eigenvalue weighted by molar-refractivity contribution is 9.10. The van der Waals surface area contributed by atoms with Gasteiger partial charge in [-0.2, -0.15) is 0 Å². The van der Waals surface area contributed by atoms with Crippen LogP contribution >= 0.6 is 27.3 Å². The van der Waals surface area contributed by atoms with Crippen molar-refractivity contribution in [1.82, 2.24) is 4.57 Å². The van der Waals surface area contributed by atoms with Crippen molar-refractivity contribution in [3.05, 3.63) is 43.3 Å². The lowest BCUT2D eigenvalue weighted by Crippen LogP contribution is -2.05. The van der Waals surface area contributed by atoms with Crippen molar-refractivity contribution in [2.24, 2.45) is 12.0 Å². The Balaban J connectivity index is 2.29. The first-order chi connectivity index (χ1) is 8.08. The largest absolute Gasteiger partial charge is 0.493 e. The molecule has 4 nitrogen and oxygen atoms in total. The molecule has 2 aromatic rings. The first-order valence-electron chi connectivity index (χ1n) is 4.76. The number of aromatic hydroxyl groups is 1. The summed E-state index contributed by atoms with van der Waals surface area (Å²) in [6, 6.07) is 7.42. The predicted octanol–water partition coefficient (Wildman–Crippen LogP) is 2.67. The summed E-state index contributed by atoms with van der Waals surface area (Å²) in [5, 5.41) is 9.62. The van der Waals surface area contributed by atoms with Crippen molar-refractivity contribution in [3.63, 3.8) is 0 Å². The smallest absolute Gasteiger partial charge is 0.310 e. The number of aromatic nitrogens is 1. The SMILES string of the molecule is Cn1c(O)c(C=Nc2ccc(Br)cc2)sc1=O. The van der Waals surface area contributed by atoms with Crippen LogP contribution in [0.15, 0.2) is 38.5 Å². The zero-order valence-electron chi connectivity index (χ0n) is 8.92. The van der Waals surface area contributed by atoms with Crippen LogP contribution < -0.4 is 4.87 Å². The van der Waals surface area contributed by atoms with E-state index < -0.39 is 0 Å². The number of hydrogen-bond donors (Lipinski definition) is 1. The molecule has 0 fully saturated rings. The molecule has 0 radical (unpaired) electrons. The second-order valence-corrected chi connectivity index (χ2v) is 5.26. The molecule has 1 aromatic heterocycles. The number of hydrogen-bond acceptors (Lipinski definition) is 4. The lowest BCUT2D eigenvalue weighted by Gasteiger charge is -1.94. The highest BCUT2D eigenvalue weighted by Gasteiger charge is 2.08. The van der Waals surface area contributed by atoms with Crippen molar-refractivity contribution in [1.29, 1.82) is 0 Å². The monoisotopic (exact) mass is 312 g/mol. The standard InChI is InChI=1S/C11H9BrN2O2S/c1-14-10(15)9(17-11(14)16)6-13-8-4-2-7(12)3-5-8/h2-6,15H,1H3. The van der Waals surface area contributed by atoms with E-state index >= 15 is 0 Å². The number of halogens is 1. The fourth-order valence-corrected chi connectivity index (χ4v) is 2.21. The Bertz CT molecular complexity index is 613. The summed E-state index contributed by atoms with van der Waals surface area (Å²) < 4.78 is 2.16. The van der Waals surface area contributed by atoms with Crippen molar-refractivity contribution in [3.8, 4) is 5.88 Å². The fourth-order valence-electron chi connectivity index (χ4n) is 1.20. The van der Waals surface area contributed by atoms with Crippen molar-refractivity contribution >= 4 is 39.2 Å². The second kappa shape index (κ2) is 4.85. The van der Waals surface area contributed by atoms with Gasteiger partial charge in [0.05, 0.1) is 11.9 Å². The van der Waals surface area contributed by atoms with Crippen LogP contribution in [-0.2, 0) is 7.05 Å². The van der Waals surface area contributed by atoms with Gasteiger partial charge in [-0.15, -0.1) is 0 Å². The van der Waals surface area contributed by atoms with E-state index in [1.807, 2.05) is 24.3 Å². The van der Waals surface area contributed by atoms with E-state index in [0.29, 0.717) is 4.88 Å². The molecule has 0 bridgehead atoms. The summed E-state index contributed by atoms with van der Waals surface area (Å²) >= 11 is 4.29. The van der Waals surface area contributed by atoms with Crippen molar-refractivity contribution in [2.75, 3.05) is 0 Å². The molecule has 0 saturated carbocycles. The Morgan fingerprint density at radius 1 is 1.41 bits per heavy atom. The number of benzene rings is 1. The Labute approximate surface area is 110 Å². The molecule has 1 N–H and O–H groups in total. The molecule has 17 heavy (non-hydrogen) atoms. The van der Waals surface area contributed by atoms with Crippen LogP contribution in [0.5, 0.6) is 5.88 Å². The molecule has 2 rings (SSSR count). The molecule has 88 valence electrons. The molecule has 0 spiro atoms. The summed E-state index contributed by atoms with van der Waals surface area (Å²) in [5.74, 6) is -0.0548. The van der Waals surface area contributed by atoms with E-state index in [4.69, 9.17) is 0 Å². The number of nitrogens with zero attached hydrogens (tertiary/aromatic N) is 2. The Hall–Kier alpha value is -1.40. The molecule has 1 aromatic carbocycles. The van der Waals surface area contributed by atoms with Gasteiger partial charge in [-0.3, -0.25) is 14.4 Å². The van der Waals surface area contributed by atoms with Crippen molar-refractivity contribution in [2.45, 2.75) is 0 Å².